The van der Waals surface area contributed by atoms with Gasteiger partial charge in [0.25, 0.3) is 0 Å². The molecule has 14 heavy (non-hydrogen) atoms. The van der Waals surface area contributed by atoms with E-state index in [0.717, 1.165) is 12.0 Å². The summed E-state index contributed by atoms with van der Waals surface area (Å²) in [7, 11) is 0. The second-order valence-electron chi connectivity index (χ2n) is 3.08. The second-order valence-corrected chi connectivity index (χ2v) is 3.93. The van der Waals surface area contributed by atoms with Crippen molar-refractivity contribution < 1.29 is 4.79 Å². The molecule has 0 radical (unpaired) electrons. The minimum absolute atomic E-state index is 0.163. The van der Waals surface area contributed by atoms with Gasteiger partial charge in [-0.05, 0) is 34.0 Å². The van der Waals surface area contributed by atoms with Gasteiger partial charge in [0.05, 0.1) is 4.48 Å². The van der Waals surface area contributed by atoms with E-state index in [1.807, 2.05) is 43.3 Å². The van der Waals surface area contributed by atoms with Gasteiger partial charge >= 0.3 is 0 Å². The van der Waals surface area contributed by atoms with Gasteiger partial charge in [-0.15, -0.1) is 0 Å². The molecule has 2 heteroatoms. The zero-order valence-corrected chi connectivity index (χ0v) is 9.75. The molecule has 0 bridgehead atoms. The molecule has 0 aliphatic heterocycles. The Balaban J connectivity index is 2.74. The third kappa shape index (κ3) is 3.46. The van der Waals surface area contributed by atoms with Crippen LogP contribution in [0, 0.1) is 0 Å². The summed E-state index contributed by atoms with van der Waals surface area (Å²) in [5.74, 6) is 0.163. The van der Waals surface area contributed by atoms with Crippen LogP contribution in [0.5, 0.6) is 0 Å². The van der Waals surface area contributed by atoms with Crippen molar-refractivity contribution in [2.75, 3.05) is 0 Å². The Morgan fingerprint density at radius 3 is 2.57 bits per heavy atom. The molecular formula is C12H13BrO. The standard InChI is InChI=1S/C12H13BrO/c1-2-6-12(14)11(13)9-10-7-4-3-5-8-10/h3-5,7-9H,2,6H2,1H3. The third-order valence-corrected chi connectivity index (χ3v) is 2.51. The molecule has 0 heterocycles. The minimum Gasteiger partial charge on any atom is -0.294 e. The first-order valence-corrected chi connectivity index (χ1v) is 5.48. The van der Waals surface area contributed by atoms with Crippen molar-refractivity contribution in [3.63, 3.8) is 0 Å². The van der Waals surface area contributed by atoms with Crippen LogP contribution in [0.4, 0.5) is 0 Å². The lowest BCUT2D eigenvalue weighted by molar-refractivity contribution is -0.114. The highest BCUT2D eigenvalue weighted by molar-refractivity contribution is 9.12. The van der Waals surface area contributed by atoms with Crippen LogP contribution in [-0.2, 0) is 4.79 Å². The van der Waals surface area contributed by atoms with Crippen LogP contribution < -0.4 is 0 Å². The number of rotatable bonds is 4. The van der Waals surface area contributed by atoms with Gasteiger partial charge in [0, 0.05) is 6.42 Å². The Morgan fingerprint density at radius 1 is 1.36 bits per heavy atom. The maximum Gasteiger partial charge on any atom is 0.169 e. The lowest BCUT2D eigenvalue weighted by atomic mass is 10.1. The molecule has 0 aliphatic carbocycles. The number of carbonyl (C=O) groups excluding carboxylic acids is 1. The highest BCUT2D eigenvalue weighted by Crippen LogP contribution is 2.15. The third-order valence-electron chi connectivity index (χ3n) is 1.84. The number of halogens is 1. The Bertz CT molecular complexity index is 327. The van der Waals surface area contributed by atoms with E-state index in [2.05, 4.69) is 15.9 Å². The van der Waals surface area contributed by atoms with Crippen LogP contribution >= 0.6 is 15.9 Å². The number of hydrogen-bond donors (Lipinski definition) is 0. The van der Waals surface area contributed by atoms with Gasteiger partial charge in [0.15, 0.2) is 5.78 Å². The average molecular weight is 253 g/mol. The summed E-state index contributed by atoms with van der Waals surface area (Å²) < 4.78 is 0.658. The zero-order chi connectivity index (χ0) is 10.4. The number of benzene rings is 1. The summed E-state index contributed by atoms with van der Waals surface area (Å²) in [6.07, 6.45) is 3.35. The van der Waals surface area contributed by atoms with E-state index in [1.165, 1.54) is 0 Å². The Labute approximate surface area is 93.0 Å². The van der Waals surface area contributed by atoms with Gasteiger partial charge < -0.3 is 0 Å². The summed E-state index contributed by atoms with van der Waals surface area (Å²) >= 11 is 3.29. The van der Waals surface area contributed by atoms with Crippen LogP contribution in [0.3, 0.4) is 0 Å². The smallest absolute Gasteiger partial charge is 0.169 e. The first-order chi connectivity index (χ1) is 6.74. The Hall–Kier alpha value is -0.890. The second kappa shape index (κ2) is 5.76. The predicted octanol–water partition coefficient (Wildman–Crippen LogP) is 3.79. The highest BCUT2D eigenvalue weighted by Gasteiger charge is 2.03. The van der Waals surface area contributed by atoms with Crippen molar-refractivity contribution in [3.05, 3.63) is 40.4 Å². The normalized spacial score (nSPS) is 11.4. The molecule has 0 saturated heterocycles. The molecule has 0 saturated carbocycles. The van der Waals surface area contributed by atoms with Crippen molar-refractivity contribution in [2.24, 2.45) is 0 Å². The summed E-state index contributed by atoms with van der Waals surface area (Å²) in [4.78, 5) is 11.4. The lowest BCUT2D eigenvalue weighted by Crippen LogP contribution is -1.95. The highest BCUT2D eigenvalue weighted by atomic mass is 79.9. The molecule has 0 N–H and O–H groups in total. The van der Waals surface area contributed by atoms with Crippen LogP contribution in [-0.4, -0.2) is 5.78 Å². The lowest BCUT2D eigenvalue weighted by Gasteiger charge is -1.97. The zero-order valence-electron chi connectivity index (χ0n) is 8.16. The number of carbonyl (C=O) groups is 1. The Morgan fingerprint density at radius 2 is 2.00 bits per heavy atom. The van der Waals surface area contributed by atoms with E-state index < -0.39 is 0 Å². The first kappa shape index (κ1) is 11.2. The molecule has 1 nitrogen and oxygen atoms in total. The quantitative estimate of drug-likeness (QED) is 0.746. The molecule has 74 valence electrons. The van der Waals surface area contributed by atoms with Crippen molar-refractivity contribution in [1.29, 1.82) is 0 Å². The molecule has 0 amide bonds. The first-order valence-electron chi connectivity index (χ1n) is 4.69. The van der Waals surface area contributed by atoms with Crippen LogP contribution in [0.1, 0.15) is 25.3 Å². The molecule has 0 spiro atoms. The molecule has 0 unspecified atom stereocenters. The molecule has 1 rings (SSSR count). The topological polar surface area (TPSA) is 17.1 Å². The summed E-state index contributed by atoms with van der Waals surface area (Å²) in [5.41, 5.74) is 1.05. The van der Waals surface area contributed by atoms with Crippen molar-refractivity contribution in [3.8, 4) is 0 Å². The van der Waals surface area contributed by atoms with Gasteiger partial charge in [-0.2, -0.15) is 0 Å². The fourth-order valence-corrected chi connectivity index (χ4v) is 1.59. The predicted molar refractivity (Wildman–Crippen MR) is 63.3 cm³/mol. The molecule has 0 aromatic heterocycles. The molecular weight excluding hydrogens is 240 g/mol. The minimum atomic E-state index is 0.163. The van der Waals surface area contributed by atoms with Gasteiger partial charge in [-0.25, -0.2) is 0 Å². The molecule has 0 aliphatic rings. The largest absolute Gasteiger partial charge is 0.294 e. The van der Waals surface area contributed by atoms with Crippen molar-refractivity contribution in [1.82, 2.24) is 0 Å². The average Bonchev–Trinajstić information content (AvgIpc) is 2.19. The van der Waals surface area contributed by atoms with Gasteiger partial charge in [0.2, 0.25) is 0 Å². The van der Waals surface area contributed by atoms with E-state index in [-0.39, 0.29) is 5.78 Å². The molecule has 1 aromatic rings. The van der Waals surface area contributed by atoms with Gasteiger partial charge in [-0.1, -0.05) is 37.3 Å². The number of Topliss-reactive ketones (excluding diaryl/α,β-unsaturated/α-hetero) is 1. The van der Waals surface area contributed by atoms with E-state index in [9.17, 15) is 4.79 Å². The number of ketones is 1. The van der Waals surface area contributed by atoms with Crippen LogP contribution in [0.25, 0.3) is 6.08 Å². The molecule has 1 aromatic carbocycles. The summed E-state index contributed by atoms with van der Waals surface area (Å²) in [6.45, 7) is 2.00. The van der Waals surface area contributed by atoms with Crippen LogP contribution in [0.15, 0.2) is 34.8 Å². The molecule has 0 fully saturated rings. The summed E-state index contributed by atoms with van der Waals surface area (Å²) in [5, 5.41) is 0. The van der Waals surface area contributed by atoms with Gasteiger partial charge in [-0.3, -0.25) is 4.79 Å². The monoisotopic (exact) mass is 252 g/mol. The summed E-state index contributed by atoms with van der Waals surface area (Å²) in [6, 6.07) is 9.81. The van der Waals surface area contributed by atoms with E-state index in [4.69, 9.17) is 0 Å². The van der Waals surface area contributed by atoms with Gasteiger partial charge in [0.1, 0.15) is 0 Å². The number of hydrogen-bond acceptors (Lipinski definition) is 1. The fraction of sp³-hybridized carbons (Fsp3) is 0.250. The van der Waals surface area contributed by atoms with Crippen molar-refractivity contribution >= 4 is 27.8 Å². The maximum absolute atomic E-state index is 11.4. The number of allylic oxidation sites excluding steroid dienone is 1. The molecule has 0 atom stereocenters. The van der Waals surface area contributed by atoms with Crippen molar-refractivity contribution in [2.45, 2.75) is 19.8 Å². The van der Waals surface area contributed by atoms with Crippen LogP contribution in [0.2, 0.25) is 0 Å². The SMILES string of the molecule is CCCC(=O)C(Br)=Cc1ccccc1. The fourth-order valence-electron chi connectivity index (χ4n) is 1.12. The maximum atomic E-state index is 11.4. The van der Waals surface area contributed by atoms with E-state index in [1.54, 1.807) is 0 Å². The van der Waals surface area contributed by atoms with E-state index >= 15 is 0 Å². The Kier molecular flexibility index (Phi) is 4.60. The van der Waals surface area contributed by atoms with E-state index in [0.29, 0.717) is 10.9 Å².